The van der Waals surface area contributed by atoms with E-state index in [-0.39, 0.29) is 11.3 Å². The monoisotopic (exact) mass is 337 g/mol. The third-order valence-corrected chi connectivity index (χ3v) is 3.23. The fraction of sp³-hybridized carbons (Fsp3) is 0. The highest BCUT2D eigenvalue weighted by Gasteiger charge is 2.08. The van der Waals surface area contributed by atoms with Gasteiger partial charge in [-0.25, -0.2) is 5.43 Å². The highest BCUT2D eigenvalue weighted by molar-refractivity contribution is 6.36. The van der Waals surface area contributed by atoms with E-state index in [1.54, 1.807) is 18.2 Å². The third-order valence-electron chi connectivity index (χ3n) is 2.67. The van der Waals surface area contributed by atoms with Crippen LogP contribution < -0.4 is 5.43 Å². The lowest BCUT2D eigenvalue weighted by atomic mass is 10.2. The number of non-ortho nitro benzene ring substituents is 1. The van der Waals surface area contributed by atoms with Crippen molar-refractivity contribution in [1.82, 2.24) is 5.43 Å². The second-order valence-corrected chi connectivity index (χ2v) is 5.01. The molecule has 22 heavy (non-hydrogen) atoms. The molecule has 0 atom stereocenters. The van der Waals surface area contributed by atoms with Gasteiger partial charge in [-0.3, -0.25) is 14.9 Å². The van der Waals surface area contributed by atoms with Gasteiger partial charge in [0, 0.05) is 28.3 Å². The number of rotatable bonds is 4. The van der Waals surface area contributed by atoms with Gasteiger partial charge in [0.2, 0.25) is 0 Å². The normalized spacial score (nSPS) is 10.6. The maximum Gasteiger partial charge on any atom is 0.271 e. The quantitative estimate of drug-likeness (QED) is 0.524. The van der Waals surface area contributed by atoms with E-state index in [0.29, 0.717) is 15.6 Å². The molecule has 0 aliphatic carbocycles. The number of amides is 1. The molecule has 112 valence electrons. The van der Waals surface area contributed by atoms with Crippen LogP contribution in [0.3, 0.4) is 0 Å². The highest BCUT2D eigenvalue weighted by atomic mass is 35.5. The smallest absolute Gasteiger partial charge is 0.267 e. The van der Waals surface area contributed by atoms with Crippen LogP contribution in [0.2, 0.25) is 10.0 Å². The Morgan fingerprint density at radius 3 is 2.45 bits per heavy atom. The summed E-state index contributed by atoms with van der Waals surface area (Å²) in [6.07, 6.45) is 1.38. The zero-order valence-electron chi connectivity index (χ0n) is 11.0. The summed E-state index contributed by atoms with van der Waals surface area (Å²) in [5.41, 5.74) is 3.06. The van der Waals surface area contributed by atoms with Gasteiger partial charge in [0.25, 0.3) is 11.6 Å². The summed E-state index contributed by atoms with van der Waals surface area (Å²) in [6.45, 7) is 0. The Kier molecular flexibility index (Phi) is 5.08. The van der Waals surface area contributed by atoms with E-state index < -0.39 is 10.8 Å². The molecule has 0 bridgehead atoms. The fourth-order valence-corrected chi connectivity index (χ4v) is 2.02. The Balaban J connectivity index is 2.02. The van der Waals surface area contributed by atoms with Gasteiger partial charge in [0.15, 0.2) is 0 Å². The first-order chi connectivity index (χ1) is 10.5. The topological polar surface area (TPSA) is 84.6 Å². The van der Waals surface area contributed by atoms with E-state index in [1.165, 1.54) is 30.5 Å². The van der Waals surface area contributed by atoms with E-state index in [2.05, 4.69) is 10.5 Å². The summed E-state index contributed by atoms with van der Waals surface area (Å²) in [5.74, 6) is -0.490. The largest absolute Gasteiger partial charge is 0.271 e. The van der Waals surface area contributed by atoms with Crippen LogP contribution in [-0.4, -0.2) is 17.0 Å². The Hall–Kier alpha value is -2.44. The van der Waals surface area contributed by atoms with Crippen LogP contribution in [0.15, 0.2) is 47.6 Å². The molecule has 0 aliphatic rings. The summed E-state index contributed by atoms with van der Waals surface area (Å²) in [5, 5.41) is 15.2. The maximum absolute atomic E-state index is 11.8. The number of carbonyl (C=O) groups is 1. The predicted octanol–water partition coefficient (Wildman–Crippen LogP) is 3.67. The van der Waals surface area contributed by atoms with Crippen molar-refractivity contribution in [3.8, 4) is 0 Å². The molecule has 2 aromatic carbocycles. The third kappa shape index (κ3) is 4.03. The molecule has 1 N–H and O–H groups in total. The molecule has 2 rings (SSSR count). The summed E-state index contributed by atoms with van der Waals surface area (Å²) in [7, 11) is 0. The van der Waals surface area contributed by atoms with Crippen molar-refractivity contribution in [2.75, 3.05) is 0 Å². The molecule has 2 aromatic rings. The van der Waals surface area contributed by atoms with Crippen molar-refractivity contribution in [3.63, 3.8) is 0 Å². The molecule has 0 fully saturated rings. The van der Waals surface area contributed by atoms with E-state index in [1.807, 2.05) is 0 Å². The van der Waals surface area contributed by atoms with Crippen LogP contribution >= 0.6 is 23.2 Å². The number of hydrazone groups is 1. The minimum Gasteiger partial charge on any atom is -0.267 e. The minimum atomic E-state index is -0.539. The molecule has 6 nitrogen and oxygen atoms in total. The van der Waals surface area contributed by atoms with Crippen molar-refractivity contribution in [1.29, 1.82) is 0 Å². The molecular weight excluding hydrogens is 329 g/mol. The number of hydrogen-bond acceptors (Lipinski definition) is 4. The summed E-state index contributed by atoms with van der Waals surface area (Å²) in [6, 6.07) is 10.0. The van der Waals surface area contributed by atoms with Crippen molar-refractivity contribution in [2.45, 2.75) is 0 Å². The molecule has 1 amide bonds. The molecule has 0 radical (unpaired) electrons. The Morgan fingerprint density at radius 1 is 1.18 bits per heavy atom. The van der Waals surface area contributed by atoms with Gasteiger partial charge < -0.3 is 0 Å². The van der Waals surface area contributed by atoms with E-state index in [0.717, 1.165) is 0 Å². The van der Waals surface area contributed by atoms with Crippen LogP contribution in [0.5, 0.6) is 0 Å². The van der Waals surface area contributed by atoms with Gasteiger partial charge in [0.05, 0.1) is 16.2 Å². The van der Waals surface area contributed by atoms with Crippen molar-refractivity contribution in [2.24, 2.45) is 5.10 Å². The lowest BCUT2D eigenvalue weighted by Crippen LogP contribution is -2.17. The number of halogens is 2. The molecule has 0 heterocycles. The van der Waals surface area contributed by atoms with Gasteiger partial charge >= 0.3 is 0 Å². The number of carbonyl (C=O) groups excluding carboxylic acids is 1. The SMILES string of the molecule is O=C(NN=Cc1ccc(Cl)cc1Cl)c1ccc([N+](=O)[O-])cc1. The second kappa shape index (κ2) is 7.02. The summed E-state index contributed by atoms with van der Waals surface area (Å²) in [4.78, 5) is 21.8. The number of nitrogens with zero attached hydrogens (tertiary/aromatic N) is 2. The molecule has 0 saturated carbocycles. The second-order valence-electron chi connectivity index (χ2n) is 4.17. The first-order valence-electron chi connectivity index (χ1n) is 6.00. The Morgan fingerprint density at radius 2 is 1.86 bits per heavy atom. The number of nitrogens with one attached hydrogen (secondary N) is 1. The maximum atomic E-state index is 11.8. The average molecular weight is 338 g/mol. The van der Waals surface area contributed by atoms with E-state index in [4.69, 9.17) is 23.2 Å². The Bertz CT molecular complexity index is 745. The van der Waals surface area contributed by atoms with Crippen LogP contribution in [0.25, 0.3) is 0 Å². The first kappa shape index (κ1) is 15.9. The zero-order valence-corrected chi connectivity index (χ0v) is 12.5. The molecule has 0 aromatic heterocycles. The van der Waals surface area contributed by atoms with E-state index in [9.17, 15) is 14.9 Å². The molecule has 8 heteroatoms. The zero-order chi connectivity index (χ0) is 16.1. The van der Waals surface area contributed by atoms with Gasteiger partial charge in [-0.15, -0.1) is 0 Å². The van der Waals surface area contributed by atoms with Crippen molar-refractivity contribution >= 4 is 41.0 Å². The molecule has 0 saturated heterocycles. The summed E-state index contributed by atoms with van der Waals surface area (Å²) >= 11 is 11.7. The minimum absolute atomic E-state index is 0.0898. The number of nitro groups is 1. The standard InChI is InChI=1S/C14H9Cl2N3O3/c15-11-4-1-10(13(16)7-11)8-17-18-14(20)9-2-5-12(6-3-9)19(21)22/h1-8H,(H,18,20). The number of hydrogen-bond donors (Lipinski definition) is 1. The Labute approximate surface area is 135 Å². The number of nitro benzene ring substituents is 1. The molecule has 0 unspecified atom stereocenters. The molecule has 0 aliphatic heterocycles. The van der Waals surface area contributed by atoms with Gasteiger partial charge in [0.1, 0.15) is 0 Å². The van der Waals surface area contributed by atoms with Crippen LogP contribution in [0.1, 0.15) is 15.9 Å². The van der Waals surface area contributed by atoms with Crippen LogP contribution in [0, 0.1) is 10.1 Å². The molecular formula is C14H9Cl2N3O3. The van der Waals surface area contributed by atoms with Gasteiger partial charge in [-0.1, -0.05) is 29.3 Å². The lowest BCUT2D eigenvalue weighted by molar-refractivity contribution is -0.384. The lowest BCUT2D eigenvalue weighted by Gasteiger charge is -2.00. The fourth-order valence-electron chi connectivity index (χ4n) is 1.57. The average Bonchev–Trinajstić information content (AvgIpc) is 2.49. The summed E-state index contributed by atoms with van der Waals surface area (Å²) < 4.78 is 0. The van der Waals surface area contributed by atoms with E-state index >= 15 is 0 Å². The van der Waals surface area contributed by atoms with Crippen LogP contribution in [-0.2, 0) is 0 Å². The molecule has 0 spiro atoms. The number of benzene rings is 2. The van der Waals surface area contributed by atoms with Gasteiger partial charge in [-0.05, 0) is 24.3 Å². The highest BCUT2D eigenvalue weighted by Crippen LogP contribution is 2.19. The van der Waals surface area contributed by atoms with Gasteiger partial charge in [-0.2, -0.15) is 5.10 Å². The van der Waals surface area contributed by atoms with Crippen molar-refractivity contribution in [3.05, 3.63) is 73.8 Å². The van der Waals surface area contributed by atoms with Crippen LogP contribution in [0.4, 0.5) is 5.69 Å². The van der Waals surface area contributed by atoms with Crippen molar-refractivity contribution < 1.29 is 9.72 Å². The predicted molar refractivity (Wildman–Crippen MR) is 84.6 cm³/mol. The first-order valence-corrected chi connectivity index (χ1v) is 6.76.